The van der Waals surface area contributed by atoms with E-state index in [0.717, 1.165) is 34.6 Å². The number of carbonyl (C=O) groups is 2. The molecule has 3 aromatic rings. The van der Waals surface area contributed by atoms with Crippen molar-refractivity contribution in [2.75, 3.05) is 32.8 Å². The second-order valence-corrected chi connectivity index (χ2v) is 7.88. The Hall–Kier alpha value is -3.71. The zero-order valence-corrected chi connectivity index (χ0v) is 17.6. The summed E-state index contributed by atoms with van der Waals surface area (Å²) in [7, 11) is 0. The zero-order valence-electron chi connectivity index (χ0n) is 17.6. The fourth-order valence-electron chi connectivity index (χ4n) is 4.11. The van der Waals surface area contributed by atoms with E-state index < -0.39 is 0 Å². The number of ether oxygens (including phenoxy) is 1. The number of pyridine rings is 1. The van der Waals surface area contributed by atoms with Crippen LogP contribution in [0, 0.1) is 0 Å². The van der Waals surface area contributed by atoms with Gasteiger partial charge in [-0.2, -0.15) is 0 Å². The quantitative estimate of drug-likeness (QED) is 0.669. The predicted octanol–water partition coefficient (Wildman–Crippen LogP) is 3.01. The third-order valence-electron chi connectivity index (χ3n) is 5.82. The van der Waals surface area contributed by atoms with Gasteiger partial charge in [0, 0.05) is 54.8 Å². The summed E-state index contributed by atoms with van der Waals surface area (Å²) in [4.78, 5) is 34.7. The van der Waals surface area contributed by atoms with E-state index in [1.807, 2.05) is 59.5 Å². The van der Waals surface area contributed by atoms with E-state index in [4.69, 9.17) is 4.74 Å². The van der Waals surface area contributed by atoms with Gasteiger partial charge in [-0.15, -0.1) is 0 Å². The van der Waals surface area contributed by atoms with E-state index in [0.29, 0.717) is 44.0 Å². The molecular formula is C25H24N4O3. The summed E-state index contributed by atoms with van der Waals surface area (Å²) in [6.07, 6.45) is 6.38. The Morgan fingerprint density at radius 2 is 1.94 bits per heavy atom. The molecule has 0 atom stereocenters. The molecule has 1 fully saturated rings. The van der Waals surface area contributed by atoms with Crippen LogP contribution in [0.25, 0.3) is 23.4 Å². The normalized spacial score (nSPS) is 16.1. The van der Waals surface area contributed by atoms with E-state index in [9.17, 15) is 9.59 Å². The Kier molecular flexibility index (Phi) is 5.56. The highest BCUT2D eigenvalue weighted by Crippen LogP contribution is 2.25. The van der Waals surface area contributed by atoms with Crippen LogP contribution in [0.2, 0.25) is 0 Å². The Bertz CT molecular complexity index is 1190. The Balaban J connectivity index is 1.39. The first-order chi connectivity index (χ1) is 15.7. The number of hydrogen-bond donors (Lipinski definition) is 2. The molecule has 0 saturated carbocycles. The fourth-order valence-corrected chi connectivity index (χ4v) is 4.11. The lowest BCUT2D eigenvalue weighted by Gasteiger charge is -2.27. The Labute approximate surface area is 186 Å². The molecule has 2 aliphatic rings. The average molecular weight is 428 g/mol. The van der Waals surface area contributed by atoms with Crippen LogP contribution in [0.5, 0.6) is 0 Å². The standard InChI is InChI=1S/C25H24N4O3/c30-24-21-16-23(28-22(21)8-10-27-24)18-7-9-26-19(15-18)6-5-17-3-1-2-4-20(17)25(31)29-11-13-32-14-12-29/h1-7,9,15-16,28H,8,10-14H2,(H,27,30)/b6-5+. The number of carbonyl (C=O) groups excluding carboxylic acids is 2. The van der Waals surface area contributed by atoms with Crippen molar-refractivity contribution in [2.24, 2.45) is 0 Å². The van der Waals surface area contributed by atoms with E-state index >= 15 is 0 Å². The molecule has 162 valence electrons. The number of rotatable bonds is 4. The van der Waals surface area contributed by atoms with Crippen LogP contribution < -0.4 is 5.32 Å². The second kappa shape index (κ2) is 8.80. The molecule has 1 aromatic carbocycles. The van der Waals surface area contributed by atoms with Crippen LogP contribution in [-0.2, 0) is 11.2 Å². The van der Waals surface area contributed by atoms with Crippen molar-refractivity contribution in [1.82, 2.24) is 20.2 Å². The molecule has 2 amide bonds. The van der Waals surface area contributed by atoms with Gasteiger partial charge in [0.2, 0.25) is 0 Å². The van der Waals surface area contributed by atoms with E-state index in [-0.39, 0.29) is 11.8 Å². The van der Waals surface area contributed by atoms with Crippen molar-refractivity contribution in [2.45, 2.75) is 6.42 Å². The van der Waals surface area contributed by atoms with E-state index in [2.05, 4.69) is 15.3 Å². The number of nitrogens with zero attached hydrogens (tertiary/aromatic N) is 2. The number of morpholine rings is 1. The Morgan fingerprint density at radius 3 is 2.78 bits per heavy atom. The maximum absolute atomic E-state index is 13.0. The molecule has 5 rings (SSSR count). The maximum Gasteiger partial charge on any atom is 0.254 e. The molecule has 0 unspecified atom stereocenters. The van der Waals surface area contributed by atoms with Crippen LogP contribution in [0.4, 0.5) is 0 Å². The van der Waals surface area contributed by atoms with Gasteiger partial charge < -0.3 is 19.9 Å². The smallest absolute Gasteiger partial charge is 0.254 e. The van der Waals surface area contributed by atoms with Gasteiger partial charge in [-0.05, 0) is 35.9 Å². The molecule has 7 nitrogen and oxygen atoms in total. The predicted molar refractivity (Wildman–Crippen MR) is 122 cm³/mol. The van der Waals surface area contributed by atoms with Crippen molar-refractivity contribution in [1.29, 1.82) is 0 Å². The van der Waals surface area contributed by atoms with Crippen molar-refractivity contribution >= 4 is 24.0 Å². The van der Waals surface area contributed by atoms with Gasteiger partial charge in [0.05, 0.1) is 24.5 Å². The summed E-state index contributed by atoms with van der Waals surface area (Å²) in [6.45, 7) is 3.02. The molecule has 2 aliphatic heterocycles. The number of fused-ring (bicyclic) bond motifs is 1. The molecule has 2 aromatic heterocycles. The SMILES string of the molecule is O=C1NCCc2[nH]c(-c3ccnc(/C=C/c4ccccc4C(=O)N4CCOCC4)c3)cc21. The molecule has 32 heavy (non-hydrogen) atoms. The van der Waals surface area contributed by atoms with Gasteiger partial charge in [-0.25, -0.2) is 0 Å². The minimum absolute atomic E-state index is 0.0190. The summed E-state index contributed by atoms with van der Waals surface area (Å²) in [5, 5.41) is 2.87. The highest BCUT2D eigenvalue weighted by Gasteiger charge is 2.21. The highest BCUT2D eigenvalue weighted by molar-refractivity contribution is 5.99. The lowest BCUT2D eigenvalue weighted by molar-refractivity contribution is 0.0302. The minimum atomic E-state index is -0.0375. The first kappa shape index (κ1) is 20.2. The van der Waals surface area contributed by atoms with Crippen LogP contribution in [0.3, 0.4) is 0 Å². The summed E-state index contributed by atoms with van der Waals surface area (Å²) < 4.78 is 5.36. The minimum Gasteiger partial charge on any atom is -0.378 e. The van der Waals surface area contributed by atoms with Crippen molar-refractivity contribution in [3.8, 4) is 11.3 Å². The first-order valence-corrected chi connectivity index (χ1v) is 10.8. The number of H-pyrrole nitrogens is 1. The number of aromatic amines is 1. The number of amides is 2. The summed E-state index contributed by atoms with van der Waals surface area (Å²) in [5.41, 5.74) is 5.82. The lowest BCUT2D eigenvalue weighted by atomic mass is 10.0. The van der Waals surface area contributed by atoms with Gasteiger partial charge in [0.15, 0.2) is 0 Å². The Morgan fingerprint density at radius 1 is 1.09 bits per heavy atom. The number of hydrogen-bond acceptors (Lipinski definition) is 4. The molecule has 4 heterocycles. The highest BCUT2D eigenvalue weighted by atomic mass is 16.5. The van der Waals surface area contributed by atoms with Crippen LogP contribution in [0.15, 0.2) is 48.7 Å². The van der Waals surface area contributed by atoms with Crippen molar-refractivity contribution in [3.05, 3.63) is 76.7 Å². The van der Waals surface area contributed by atoms with Crippen LogP contribution in [0.1, 0.15) is 37.7 Å². The van der Waals surface area contributed by atoms with Gasteiger partial charge in [-0.1, -0.05) is 24.3 Å². The summed E-state index contributed by atoms with van der Waals surface area (Å²) in [6, 6.07) is 13.4. The number of aromatic nitrogens is 2. The van der Waals surface area contributed by atoms with Gasteiger partial charge in [0.1, 0.15) is 0 Å². The first-order valence-electron chi connectivity index (χ1n) is 10.8. The van der Waals surface area contributed by atoms with Crippen LogP contribution >= 0.6 is 0 Å². The molecule has 1 saturated heterocycles. The van der Waals surface area contributed by atoms with Gasteiger partial charge in [-0.3, -0.25) is 14.6 Å². The second-order valence-electron chi connectivity index (χ2n) is 7.88. The molecule has 0 bridgehead atoms. The molecular weight excluding hydrogens is 404 g/mol. The summed E-state index contributed by atoms with van der Waals surface area (Å²) in [5.74, 6) is -0.0185. The van der Waals surface area contributed by atoms with Crippen molar-refractivity contribution < 1.29 is 14.3 Å². The fraction of sp³-hybridized carbons (Fsp3) is 0.240. The zero-order chi connectivity index (χ0) is 21.9. The maximum atomic E-state index is 13.0. The molecule has 0 spiro atoms. The molecule has 0 radical (unpaired) electrons. The van der Waals surface area contributed by atoms with Gasteiger partial charge in [0.25, 0.3) is 11.8 Å². The lowest BCUT2D eigenvalue weighted by Crippen LogP contribution is -2.40. The van der Waals surface area contributed by atoms with E-state index in [1.165, 1.54) is 0 Å². The van der Waals surface area contributed by atoms with Gasteiger partial charge >= 0.3 is 0 Å². The van der Waals surface area contributed by atoms with Crippen LogP contribution in [-0.4, -0.2) is 59.5 Å². The monoisotopic (exact) mass is 428 g/mol. The largest absolute Gasteiger partial charge is 0.378 e. The topological polar surface area (TPSA) is 87.3 Å². The van der Waals surface area contributed by atoms with E-state index in [1.54, 1.807) is 6.20 Å². The average Bonchev–Trinajstić information content (AvgIpc) is 3.29. The number of nitrogens with one attached hydrogen (secondary N) is 2. The molecule has 2 N–H and O–H groups in total. The third kappa shape index (κ3) is 4.07. The summed E-state index contributed by atoms with van der Waals surface area (Å²) >= 11 is 0. The van der Waals surface area contributed by atoms with Crippen molar-refractivity contribution in [3.63, 3.8) is 0 Å². The number of benzene rings is 1. The molecule has 7 heteroatoms. The third-order valence-corrected chi connectivity index (χ3v) is 5.82. The molecule has 0 aliphatic carbocycles.